The zero-order chi connectivity index (χ0) is 19.5. The molecule has 0 fully saturated rings. The van der Waals surface area contributed by atoms with Gasteiger partial charge in [-0.2, -0.15) is 4.80 Å². The van der Waals surface area contributed by atoms with Crippen LogP contribution in [0.25, 0.3) is 16.7 Å². The molecular weight excluding hydrogens is 376 g/mol. The summed E-state index contributed by atoms with van der Waals surface area (Å²) in [4.78, 5) is 13.8. The number of amides is 1. The Kier molecular flexibility index (Phi) is 5.12. The van der Waals surface area contributed by atoms with E-state index < -0.39 is 0 Å². The van der Waals surface area contributed by atoms with E-state index in [0.717, 1.165) is 12.1 Å². The maximum absolute atomic E-state index is 12.2. The molecule has 1 N–H and O–H groups in total. The third-order valence-corrected chi connectivity index (χ3v) is 4.76. The van der Waals surface area contributed by atoms with Crippen LogP contribution in [-0.4, -0.2) is 20.9 Å². The highest BCUT2D eigenvalue weighted by Crippen LogP contribution is 2.27. The molecule has 2 heterocycles. The SMILES string of the molecule is CCCCc1ccc(-n2nc3cc(Cl)c(NC(=O)c4ccco4)cc3n2)cc1. The molecule has 4 rings (SSSR count). The number of halogens is 1. The average molecular weight is 395 g/mol. The van der Waals surface area contributed by atoms with E-state index in [9.17, 15) is 4.79 Å². The van der Waals surface area contributed by atoms with Gasteiger partial charge in [-0.1, -0.05) is 37.1 Å². The Morgan fingerprint density at radius 1 is 1.14 bits per heavy atom. The van der Waals surface area contributed by atoms with Gasteiger partial charge in [-0.3, -0.25) is 4.79 Å². The third kappa shape index (κ3) is 3.77. The molecule has 28 heavy (non-hydrogen) atoms. The van der Waals surface area contributed by atoms with E-state index in [-0.39, 0.29) is 11.7 Å². The third-order valence-electron chi connectivity index (χ3n) is 4.45. The fourth-order valence-corrected chi connectivity index (χ4v) is 3.12. The van der Waals surface area contributed by atoms with E-state index in [0.29, 0.717) is 21.7 Å². The molecule has 7 heteroatoms. The molecule has 6 nitrogen and oxygen atoms in total. The lowest BCUT2D eigenvalue weighted by Crippen LogP contribution is -2.11. The van der Waals surface area contributed by atoms with Crippen LogP contribution in [0.1, 0.15) is 35.9 Å². The highest BCUT2D eigenvalue weighted by atomic mass is 35.5. The van der Waals surface area contributed by atoms with Crippen molar-refractivity contribution in [2.75, 3.05) is 5.32 Å². The first kappa shape index (κ1) is 18.3. The minimum Gasteiger partial charge on any atom is -0.459 e. The summed E-state index contributed by atoms with van der Waals surface area (Å²) in [6, 6.07) is 14.8. The van der Waals surface area contributed by atoms with Crippen LogP contribution >= 0.6 is 11.6 Å². The molecule has 0 aliphatic carbocycles. The van der Waals surface area contributed by atoms with Gasteiger partial charge in [-0.15, -0.1) is 10.2 Å². The first-order valence-corrected chi connectivity index (χ1v) is 9.52. The fourth-order valence-electron chi connectivity index (χ4n) is 2.92. The molecule has 0 spiro atoms. The number of aryl methyl sites for hydroxylation is 1. The van der Waals surface area contributed by atoms with E-state index in [1.165, 1.54) is 24.7 Å². The number of carbonyl (C=O) groups is 1. The van der Waals surface area contributed by atoms with E-state index >= 15 is 0 Å². The molecule has 0 bridgehead atoms. The van der Waals surface area contributed by atoms with E-state index in [1.54, 1.807) is 29.1 Å². The molecule has 0 saturated heterocycles. The van der Waals surface area contributed by atoms with Gasteiger partial charge in [0.15, 0.2) is 5.76 Å². The average Bonchev–Trinajstić information content (AvgIpc) is 3.37. The second-order valence-electron chi connectivity index (χ2n) is 6.51. The number of nitrogens with zero attached hydrogens (tertiary/aromatic N) is 3. The van der Waals surface area contributed by atoms with Crippen LogP contribution < -0.4 is 5.32 Å². The van der Waals surface area contributed by atoms with Gasteiger partial charge in [0.25, 0.3) is 5.91 Å². The van der Waals surface area contributed by atoms with Crippen molar-refractivity contribution in [1.82, 2.24) is 15.0 Å². The van der Waals surface area contributed by atoms with Gasteiger partial charge in [-0.25, -0.2) is 0 Å². The second-order valence-corrected chi connectivity index (χ2v) is 6.92. The number of rotatable bonds is 6. The number of anilines is 1. The molecule has 0 saturated carbocycles. The van der Waals surface area contributed by atoms with Crippen molar-refractivity contribution in [3.63, 3.8) is 0 Å². The first-order chi connectivity index (χ1) is 13.6. The fraction of sp³-hybridized carbons (Fsp3) is 0.190. The zero-order valence-corrected chi connectivity index (χ0v) is 16.1. The second kappa shape index (κ2) is 7.86. The minimum atomic E-state index is -0.374. The van der Waals surface area contributed by atoms with Crippen molar-refractivity contribution >= 4 is 34.2 Å². The smallest absolute Gasteiger partial charge is 0.291 e. The minimum absolute atomic E-state index is 0.211. The summed E-state index contributed by atoms with van der Waals surface area (Å²) in [5.74, 6) is -0.163. The topological polar surface area (TPSA) is 73.0 Å². The lowest BCUT2D eigenvalue weighted by molar-refractivity contribution is 0.0996. The van der Waals surface area contributed by atoms with Gasteiger partial charge in [-0.05, 0) is 54.8 Å². The summed E-state index contributed by atoms with van der Waals surface area (Å²) in [7, 11) is 0. The number of nitrogens with one attached hydrogen (secondary N) is 1. The number of furan rings is 1. The normalized spacial score (nSPS) is 11.1. The van der Waals surface area contributed by atoms with Crippen LogP contribution in [0.2, 0.25) is 5.02 Å². The molecule has 1 amide bonds. The maximum atomic E-state index is 12.2. The molecular formula is C21H19ClN4O2. The van der Waals surface area contributed by atoms with Gasteiger partial charge in [0.1, 0.15) is 11.0 Å². The van der Waals surface area contributed by atoms with Crippen LogP contribution in [0.4, 0.5) is 5.69 Å². The summed E-state index contributed by atoms with van der Waals surface area (Å²) < 4.78 is 5.10. The quantitative estimate of drug-likeness (QED) is 0.484. The van der Waals surface area contributed by atoms with Crippen molar-refractivity contribution < 1.29 is 9.21 Å². The Hall–Kier alpha value is -3.12. The van der Waals surface area contributed by atoms with Gasteiger partial charge in [0.05, 0.1) is 22.7 Å². The van der Waals surface area contributed by atoms with Crippen molar-refractivity contribution in [2.24, 2.45) is 0 Å². The van der Waals surface area contributed by atoms with Crippen LogP contribution in [0, 0.1) is 0 Å². The molecule has 0 atom stereocenters. The molecule has 0 aliphatic rings. The molecule has 0 unspecified atom stereocenters. The number of fused-ring (bicyclic) bond motifs is 1. The Labute approximate surface area is 167 Å². The predicted molar refractivity (Wildman–Crippen MR) is 109 cm³/mol. The summed E-state index contributed by atoms with van der Waals surface area (Å²) in [5.41, 5.74) is 3.91. The number of carbonyl (C=O) groups excluding carboxylic acids is 1. The van der Waals surface area contributed by atoms with Crippen LogP contribution in [0.5, 0.6) is 0 Å². The Bertz CT molecular complexity index is 1100. The van der Waals surface area contributed by atoms with Crippen molar-refractivity contribution in [1.29, 1.82) is 0 Å². The largest absolute Gasteiger partial charge is 0.459 e. The van der Waals surface area contributed by atoms with Crippen LogP contribution in [-0.2, 0) is 6.42 Å². The summed E-state index contributed by atoms with van der Waals surface area (Å²) in [6.45, 7) is 2.18. The van der Waals surface area contributed by atoms with Crippen molar-refractivity contribution in [2.45, 2.75) is 26.2 Å². The molecule has 0 radical (unpaired) electrons. The van der Waals surface area contributed by atoms with E-state index in [4.69, 9.17) is 16.0 Å². The highest BCUT2D eigenvalue weighted by Gasteiger charge is 2.14. The molecule has 4 aromatic rings. The molecule has 2 aromatic carbocycles. The Morgan fingerprint density at radius 2 is 1.89 bits per heavy atom. The summed E-state index contributed by atoms with van der Waals surface area (Å²) in [5, 5.41) is 12.1. The highest BCUT2D eigenvalue weighted by molar-refractivity contribution is 6.34. The monoisotopic (exact) mass is 394 g/mol. The standard InChI is InChI=1S/C21H19ClN4O2/c1-2-3-5-14-7-9-15(10-8-14)26-24-18-12-16(22)17(13-19(18)25-26)23-21(27)20-6-4-11-28-20/h4,6-13H,2-3,5H2,1H3,(H,23,27). The number of hydrogen-bond acceptors (Lipinski definition) is 4. The van der Waals surface area contributed by atoms with Gasteiger partial charge in [0, 0.05) is 0 Å². The van der Waals surface area contributed by atoms with E-state index in [1.807, 2.05) is 12.1 Å². The summed E-state index contributed by atoms with van der Waals surface area (Å²) >= 11 is 6.31. The molecule has 142 valence electrons. The maximum Gasteiger partial charge on any atom is 0.291 e. The zero-order valence-electron chi connectivity index (χ0n) is 15.4. The van der Waals surface area contributed by atoms with Gasteiger partial charge >= 0.3 is 0 Å². The van der Waals surface area contributed by atoms with Crippen molar-refractivity contribution in [3.05, 3.63) is 71.1 Å². The van der Waals surface area contributed by atoms with Crippen LogP contribution in [0.15, 0.2) is 59.2 Å². The number of unbranched alkanes of at least 4 members (excludes halogenated alkanes) is 1. The number of aromatic nitrogens is 3. The Balaban J connectivity index is 1.59. The van der Waals surface area contributed by atoms with Gasteiger partial charge < -0.3 is 9.73 Å². The number of hydrogen-bond donors (Lipinski definition) is 1. The van der Waals surface area contributed by atoms with E-state index in [2.05, 4.69) is 34.6 Å². The van der Waals surface area contributed by atoms with Crippen molar-refractivity contribution in [3.8, 4) is 5.69 Å². The number of benzene rings is 2. The van der Waals surface area contributed by atoms with Crippen LogP contribution in [0.3, 0.4) is 0 Å². The predicted octanol–water partition coefficient (Wildman–Crippen LogP) is 5.26. The van der Waals surface area contributed by atoms with Gasteiger partial charge in [0.2, 0.25) is 0 Å². The molecule has 2 aromatic heterocycles. The lowest BCUT2D eigenvalue weighted by atomic mass is 10.1. The first-order valence-electron chi connectivity index (χ1n) is 9.15. The Morgan fingerprint density at radius 3 is 2.57 bits per heavy atom. The molecule has 0 aliphatic heterocycles. The summed E-state index contributed by atoms with van der Waals surface area (Å²) in [6.07, 6.45) is 4.86. The lowest BCUT2D eigenvalue weighted by Gasteiger charge is -2.04.